The zero-order chi connectivity index (χ0) is 19.4. The number of hydrogen-bond donors (Lipinski definition) is 4. The van der Waals surface area contributed by atoms with E-state index in [2.05, 4.69) is 25.7 Å². The van der Waals surface area contributed by atoms with Crippen molar-refractivity contribution in [1.82, 2.24) is 0 Å². The van der Waals surface area contributed by atoms with E-state index in [1.54, 1.807) is 0 Å². The Morgan fingerprint density at radius 2 is 1.40 bits per heavy atom. The molecule has 0 aliphatic heterocycles. The van der Waals surface area contributed by atoms with Crippen molar-refractivity contribution in [3.05, 3.63) is 0 Å². The summed E-state index contributed by atoms with van der Waals surface area (Å²) < 4.78 is 12.2. The van der Waals surface area contributed by atoms with Gasteiger partial charge in [-0.3, -0.25) is 9.59 Å². The zero-order valence-corrected chi connectivity index (χ0v) is 12.6. The van der Waals surface area contributed by atoms with Crippen molar-refractivity contribution in [1.29, 1.82) is 0 Å². The van der Waals surface area contributed by atoms with Crippen LogP contribution in [0, 0.1) is 11.8 Å². The first-order chi connectivity index (χ1) is 11.5. The summed E-state index contributed by atoms with van der Waals surface area (Å²) in [7, 11) is 0. The van der Waals surface area contributed by atoms with Crippen LogP contribution in [0.2, 0.25) is 0 Å². The second kappa shape index (κ2) is 7.57. The van der Waals surface area contributed by atoms with E-state index >= 15 is 0 Å². The van der Waals surface area contributed by atoms with E-state index in [1.807, 2.05) is 0 Å². The summed E-state index contributed by atoms with van der Waals surface area (Å²) in [6, 6.07) is 0. The van der Waals surface area contributed by atoms with Crippen LogP contribution in [0.25, 0.3) is 0 Å². The summed E-state index contributed by atoms with van der Waals surface area (Å²) in [5.74, 6) is -7.23. The van der Waals surface area contributed by atoms with Gasteiger partial charge in [0.15, 0.2) is 5.60 Å². The van der Waals surface area contributed by atoms with Gasteiger partial charge in [0.05, 0.1) is 6.42 Å². The second-order valence-corrected chi connectivity index (χ2v) is 5.16. The van der Waals surface area contributed by atoms with Crippen molar-refractivity contribution in [3.8, 4) is 0 Å². The summed E-state index contributed by atoms with van der Waals surface area (Å²) >= 11 is 0. The standard InChI is InChI=1S/C12H15N3O10/c13-9(19)23-5(16)3-12(22,8(18)25-11(15)21)6(4-1-2-4)7(17)24-10(14)20/h4,6,22H,1-3H2,(H2,13,19)(H2,14,20)(H2,15,21). The Morgan fingerprint density at radius 3 is 1.80 bits per heavy atom. The minimum Gasteiger partial charge on any atom is -0.377 e. The minimum atomic E-state index is -3.02. The summed E-state index contributed by atoms with van der Waals surface area (Å²) in [5.41, 5.74) is 11.0. The number of ether oxygens (including phenoxy) is 3. The minimum absolute atomic E-state index is 0.315. The number of hydrogen-bond acceptors (Lipinski definition) is 10. The third-order valence-electron chi connectivity index (χ3n) is 3.24. The molecule has 1 fully saturated rings. The molecule has 1 aliphatic carbocycles. The van der Waals surface area contributed by atoms with Crippen LogP contribution in [0.5, 0.6) is 0 Å². The Kier molecular flexibility index (Phi) is 6.00. The third-order valence-corrected chi connectivity index (χ3v) is 3.24. The van der Waals surface area contributed by atoms with Gasteiger partial charge in [-0.25, -0.2) is 19.2 Å². The van der Waals surface area contributed by atoms with Crippen LogP contribution in [0.1, 0.15) is 19.3 Å². The topological polar surface area (TPSA) is 228 Å². The molecular weight excluding hydrogens is 346 g/mol. The molecule has 0 aromatic rings. The Balaban J connectivity index is 3.20. The van der Waals surface area contributed by atoms with Gasteiger partial charge in [0.2, 0.25) is 0 Å². The summed E-state index contributed by atoms with van der Waals surface area (Å²) in [6.45, 7) is 0. The van der Waals surface area contributed by atoms with Crippen LogP contribution in [-0.2, 0) is 28.6 Å². The molecule has 13 heteroatoms. The monoisotopic (exact) mass is 361 g/mol. The van der Waals surface area contributed by atoms with Crippen LogP contribution < -0.4 is 17.2 Å². The van der Waals surface area contributed by atoms with Crippen molar-refractivity contribution in [2.75, 3.05) is 0 Å². The number of carbonyl (C=O) groups excluding carboxylic acids is 6. The smallest absolute Gasteiger partial charge is 0.377 e. The van der Waals surface area contributed by atoms with Gasteiger partial charge in [0, 0.05) is 0 Å². The number of aliphatic hydroxyl groups is 1. The molecule has 3 amide bonds. The molecule has 0 saturated heterocycles. The van der Waals surface area contributed by atoms with Gasteiger partial charge in [-0.1, -0.05) is 0 Å². The molecule has 138 valence electrons. The summed E-state index contributed by atoms with van der Waals surface area (Å²) in [6.07, 6.45) is -5.38. The van der Waals surface area contributed by atoms with E-state index in [0.29, 0.717) is 12.8 Å². The molecule has 0 radical (unpaired) electrons. The van der Waals surface area contributed by atoms with Crippen molar-refractivity contribution in [3.63, 3.8) is 0 Å². The maximum Gasteiger partial charge on any atom is 0.412 e. The van der Waals surface area contributed by atoms with Gasteiger partial charge in [-0.2, -0.15) is 0 Å². The number of nitrogens with two attached hydrogens (primary N) is 3. The average molecular weight is 361 g/mol. The molecule has 0 spiro atoms. The SMILES string of the molecule is NC(=O)OC(=O)CC(O)(C(=O)OC(N)=O)C(C(=O)OC(N)=O)C1CC1. The van der Waals surface area contributed by atoms with Gasteiger partial charge in [0.25, 0.3) is 0 Å². The lowest BCUT2D eigenvalue weighted by molar-refractivity contribution is -0.180. The molecule has 0 heterocycles. The predicted octanol–water partition coefficient (Wildman–Crippen LogP) is -2.00. The lowest BCUT2D eigenvalue weighted by Gasteiger charge is -2.30. The molecule has 2 unspecified atom stereocenters. The Labute approximate surface area is 139 Å². The van der Waals surface area contributed by atoms with Gasteiger partial charge in [-0.15, -0.1) is 0 Å². The van der Waals surface area contributed by atoms with Gasteiger partial charge < -0.3 is 36.5 Å². The maximum atomic E-state index is 12.0. The van der Waals surface area contributed by atoms with Crippen LogP contribution in [0.15, 0.2) is 0 Å². The van der Waals surface area contributed by atoms with E-state index in [1.165, 1.54) is 0 Å². The summed E-state index contributed by atoms with van der Waals surface area (Å²) in [4.78, 5) is 67.8. The van der Waals surface area contributed by atoms with Crippen LogP contribution >= 0.6 is 0 Å². The fraction of sp³-hybridized carbons (Fsp3) is 0.500. The normalized spacial score (nSPS) is 16.7. The molecule has 7 N–H and O–H groups in total. The molecule has 0 aromatic carbocycles. The molecule has 0 bridgehead atoms. The Morgan fingerprint density at radius 1 is 0.920 bits per heavy atom. The lowest BCUT2D eigenvalue weighted by Crippen LogP contribution is -2.54. The Bertz CT molecular complexity index is 629. The predicted molar refractivity (Wildman–Crippen MR) is 72.8 cm³/mol. The van der Waals surface area contributed by atoms with Crippen molar-refractivity contribution < 1.29 is 48.1 Å². The van der Waals surface area contributed by atoms with Crippen LogP contribution in [0.4, 0.5) is 14.4 Å². The molecular formula is C12H15N3O10. The first kappa shape index (κ1) is 19.8. The third kappa shape index (κ3) is 5.42. The highest BCUT2D eigenvalue weighted by Gasteiger charge is 2.58. The molecule has 1 aliphatic rings. The average Bonchev–Trinajstić information content (AvgIpc) is 3.19. The molecule has 0 aromatic heterocycles. The van der Waals surface area contributed by atoms with Crippen LogP contribution in [0.3, 0.4) is 0 Å². The van der Waals surface area contributed by atoms with E-state index in [-0.39, 0.29) is 0 Å². The highest BCUT2D eigenvalue weighted by Crippen LogP contribution is 2.44. The van der Waals surface area contributed by atoms with Gasteiger partial charge in [0.1, 0.15) is 5.92 Å². The van der Waals surface area contributed by atoms with Crippen LogP contribution in [-0.4, -0.2) is 46.9 Å². The Hall–Kier alpha value is -3.22. The van der Waals surface area contributed by atoms with Gasteiger partial charge in [-0.05, 0) is 18.8 Å². The lowest BCUT2D eigenvalue weighted by atomic mass is 9.81. The zero-order valence-electron chi connectivity index (χ0n) is 12.6. The number of primary amides is 3. The maximum absolute atomic E-state index is 12.0. The quantitative estimate of drug-likeness (QED) is 0.231. The van der Waals surface area contributed by atoms with E-state index in [9.17, 15) is 33.9 Å². The highest BCUT2D eigenvalue weighted by molar-refractivity contribution is 5.98. The number of carbonyl (C=O) groups is 6. The fourth-order valence-electron chi connectivity index (χ4n) is 2.23. The number of rotatable bonds is 6. The first-order valence-corrected chi connectivity index (χ1v) is 6.72. The molecule has 1 rings (SSSR count). The van der Waals surface area contributed by atoms with Crippen molar-refractivity contribution >= 4 is 36.2 Å². The van der Waals surface area contributed by atoms with Crippen molar-refractivity contribution in [2.24, 2.45) is 29.0 Å². The molecule has 2 atom stereocenters. The molecule has 13 nitrogen and oxygen atoms in total. The van der Waals surface area contributed by atoms with E-state index in [4.69, 9.17) is 5.73 Å². The number of esters is 3. The van der Waals surface area contributed by atoms with Gasteiger partial charge >= 0.3 is 36.2 Å². The van der Waals surface area contributed by atoms with E-state index in [0.717, 1.165) is 0 Å². The summed E-state index contributed by atoms with van der Waals surface area (Å²) in [5, 5.41) is 10.6. The fourth-order valence-corrected chi connectivity index (χ4v) is 2.23. The largest absolute Gasteiger partial charge is 0.412 e. The molecule has 25 heavy (non-hydrogen) atoms. The highest BCUT2D eigenvalue weighted by atomic mass is 16.6. The first-order valence-electron chi connectivity index (χ1n) is 6.72. The van der Waals surface area contributed by atoms with E-state index < -0.39 is 60.0 Å². The second-order valence-electron chi connectivity index (χ2n) is 5.16. The molecule has 1 saturated carbocycles. The van der Waals surface area contributed by atoms with Crippen molar-refractivity contribution in [2.45, 2.75) is 24.9 Å². The number of amides is 3.